The minimum absolute atomic E-state index is 0.534. The number of aromatic nitrogens is 1. The van der Waals surface area contributed by atoms with Crippen LogP contribution in [0, 0.1) is 0 Å². The summed E-state index contributed by atoms with van der Waals surface area (Å²) in [7, 11) is 0. The average molecular weight is 191 g/mol. The molecule has 1 atom stereocenters. The molecule has 0 aliphatic heterocycles. The highest BCUT2D eigenvalue weighted by Gasteiger charge is 2.10. The SMILES string of the molecule is O[C@@H](c1cccnc1)c1cccs1. The zero-order valence-electron chi connectivity index (χ0n) is 6.92. The van der Waals surface area contributed by atoms with Gasteiger partial charge in [0.15, 0.2) is 0 Å². The Balaban J connectivity index is 2.29. The highest BCUT2D eigenvalue weighted by Crippen LogP contribution is 2.24. The number of hydrogen-bond donors (Lipinski definition) is 1. The normalized spacial score (nSPS) is 12.7. The molecule has 2 nitrogen and oxygen atoms in total. The fourth-order valence-corrected chi connectivity index (χ4v) is 1.89. The van der Waals surface area contributed by atoms with E-state index in [1.54, 1.807) is 23.7 Å². The van der Waals surface area contributed by atoms with Gasteiger partial charge in [-0.2, -0.15) is 0 Å². The molecule has 0 bridgehead atoms. The summed E-state index contributed by atoms with van der Waals surface area (Å²) in [5.41, 5.74) is 0.838. The summed E-state index contributed by atoms with van der Waals surface area (Å²) in [6.07, 6.45) is 2.85. The van der Waals surface area contributed by atoms with Crippen LogP contribution in [-0.4, -0.2) is 10.1 Å². The van der Waals surface area contributed by atoms with Crippen molar-refractivity contribution in [1.29, 1.82) is 0 Å². The van der Waals surface area contributed by atoms with Crippen LogP contribution in [0.2, 0.25) is 0 Å². The summed E-state index contributed by atoms with van der Waals surface area (Å²) >= 11 is 1.55. The Kier molecular flexibility index (Phi) is 2.38. The molecule has 3 heteroatoms. The smallest absolute Gasteiger partial charge is 0.115 e. The van der Waals surface area contributed by atoms with Crippen LogP contribution >= 0.6 is 11.3 Å². The summed E-state index contributed by atoms with van der Waals surface area (Å²) in [5, 5.41) is 11.8. The summed E-state index contributed by atoms with van der Waals surface area (Å²) in [6, 6.07) is 7.55. The molecule has 13 heavy (non-hydrogen) atoms. The van der Waals surface area contributed by atoms with Crippen LogP contribution in [0.1, 0.15) is 16.5 Å². The first kappa shape index (κ1) is 8.41. The second-order valence-corrected chi connectivity index (χ2v) is 3.68. The van der Waals surface area contributed by atoms with Crippen LogP contribution in [0.3, 0.4) is 0 Å². The van der Waals surface area contributed by atoms with Crippen molar-refractivity contribution < 1.29 is 5.11 Å². The zero-order valence-corrected chi connectivity index (χ0v) is 7.74. The van der Waals surface area contributed by atoms with Gasteiger partial charge < -0.3 is 5.11 Å². The zero-order chi connectivity index (χ0) is 9.10. The van der Waals surface area contributed by atoms with E-state index in [1.807, 2.05) is 29.6 Å². The first-order valence-electron chi connectivity index (χ1n) is 3.99. The van der Waals surface area contributed by atoms with Gasteiger partial charge in [0.1, 0.15) is 6.10 Å². The Bertz CT molecular complexity index is 358. The van der Waals surface area contributed by atoms with Crippen LogP contribution in [0.25, 0.3) is 0 Å². The lowest BCUT2D eigenvalue weighted by Crippen LogP contribution is -1.96. The van der Waals surface area contributed by atoms with Crippen molar-refractivity contribution in [2.24, 2.45) is 0 Å². The van der Waals surface area contributed by atoms with Crippen LogP contribution in [0.5, 0.6) is 0 Å². The highest BCUT2D eigenvalue weighted by molar-refractivity contribution is 7.10. The fourth-order valence-electron chi connectivity index (χ4n) is 1.15. The standard InChI is InChI=1S/C10H9NOS/c12-10(9-4-2-6-13-9)8-3-1-5-11-7-8/h1-7,10,12H/t10-/m0/s1. The molecular formula is C10H9NOS. The number of hydrogen-bond acceptors (Lipinski definition) is 3. The first-order chi connectivity index (χ1) is 6.38. The second kappa shape index (κ2) is 3.68. The average Bonchev–Trinajstić information content (AvgIpc) is 2.71. The Morgan fingerprint density at radius 3 is 2.85 bits per heavy atom. The lowest BCUT2D eigenvalue weighted by atomic mass is 10.1. The van der Waals surface area contributed by atoms with Crippen LogP contribution in [0.15, 0.2) is 42.0 Å². The van der Waals surface area contributed by atoms with E-state index in [0.29, 0.717) is 0 Å². The Hall–Kier alpha value is -1.19. The molecule has 0 saturated heterocycles. The van der Waals surface area contributed by atoms with Gasteiger partial charge in [0, 0.05) is 22.8 Å². The summed E-state index contributed by atoms with van der Waals surface area (Å²) < 4.78 is 0. The van der Waals surface area contributed by atoms with E-state index in [-0.39, 0.29) is 0 Å². The molecular weight excluding hydrogens is 182 g/mol. The number of rotatable bonds is 2. The molecule has 0 fully saturated rings. The minimum atomic E-state index is -0.534. The molecule has 0 amide bonds. The molecule has 2 aromatic rings. The van der Waals surface area contributed by atoms with Crippen molar-refractivity contribution in [3.05, 3.63) is 52.5 Å². The van der Waals surface area contributed by atoms with Gasteiger partial charge in [0.2, 0.25) is 0 Å². The lowest BCUT2D eigenvalue weighted by molar-refractivity contribution is 0.224. The van der Waals surface area contributed by atoms with Gasteiger partial charge in [-0.15, -0.1) is 11.3 Å². The third-order valence-corrected chi connectivity index (χ3v) is 2.74. The third-order valence-electron chi connectivity index (χ3n) is 1.81. The number of aliphatic hydroxyl groups excluding tert-OH is 1. The molecule has 0 aromatic carbocycles. The van der Waals surface area contributed by atoms with Gasteiger partial charge >= 0.3 is 0 Å². The maximum Gasteiger partial charge on any atom is 0.115 e. The topological polar surface area (TPSA) is 33.1 Å². The summed E-state index contributed by atoms with van der Waals surface area (Å²) in [6.45, 7) is 0. The van der Waals surface area contributed by atoms with Gasteiger partial charge in [0.05, 0.1) is 0 Å². The van der Waals surface area contributed by atoms with Gasteiger partial charge in [0.25, 0.3) is 0 Å². The largest absolute Gasteiger partial charge is 0.383 e. The van der Waals surface area contributed by atoms with E-state index < -0.39 is 6.10 Å². The molecule has 2 rings (SSSR count). The number of aliphatic hydroxyl groups is 1. The predicted molar refractivity (Wildman–Crippen MR) is 52.6 cm³/mol. The van der Waals surface area contributed by atoms with E-state index in [9.17, 15) is 5.11 Å². The van der Waals surface area contributed by atoms with E-state index in [2.05, 4.69) is 4.98 Å². The van der Waals surface area contributed by atoms with Crippen molar-refractivity contribution in [2.45, 2.75) is 6.10 Å². The molecule has 0 aliphatic rings. The number of pyridine rings is 1. The highest BCUT2D eigenvalue weighted by atomic mass is 32.1. The second-order valence-electron chi connectivity index (χ2n) is 2.70. The third kappa shape index (κ3) is 1.76. The predicted octanol–water partition coefficient (Wildman–Crippen LogP) is 2.22. The molecule has 66 valence electrons. The van der Waals surface area contributed by atoms with Crippen LogP contribution in [-0.2, 0) is 0 Å². The summed E-state index contributed by atoms with van der Waals surface area (Å²) in [4.78, 5) is 4.91. The van der Waals surface area contributed by atoms with Crippen LogP contribution < -0.4 is 0 Å². The van der Waals surface area contributed by atoms with Gasteiger partial charge in [-0.3, -0.25) is 4.98 Å². The minimum Gasteiger partial charge on any atom is -0.383 e. The lowest BCUT2D eigenvalue weighted by Gasteiger charge is -2.06. The monoisotopic (exact) mass is 191 g/mol. The van der Waals surface area contributed by atoms with Gasteiger partial charge in [-0.25, -0.2) is 0 Å². The van der Waals surface area contributed by atoms with E-state index in [4.69, 9.17) is 0 Å². The molecule has 0 spiro atoms. The van der Waals surface area contributed by atoms with Crippen molar-refractivity contribution in [1.82, 2.24) is 4.98 Å². The van der Waals surface area contributed by atoms with Gasteiger partial charge in [-0.05, 0) is 17.5 Å². The first-order valence-corrected chi connectivity index (χ1v) is 4.87. The molecule has 0 unspecified atom stereocenters. The maximum absolute atomic E-state index is 9.85. The molecule has 0 radical (unpaired) electrons. The van der Waals surface area contributed by atoms with Crippen molar-refractivity contribution in [3.63, 3.8) is 0 Å². The van der Waals surface area contributed by atoms with Crippen molar-refractivity contribution >= 4 is 11.3 Å². The van der Waals surface area contributed by atoms with Crippen LogP contribution in [0.4, 0.5) is 0 Å². The quantitative estimate of drug-likeness (QED) is 0.789. The van der Waals surface area contributed by atoms with Crippen molar-refractivity contribution in [2.75, 3.05) is 0 Å². The van der Waals surface area contributed by atoms with Gasteiger partial charge in [-0.1, -0.05) is 12.1 Å². The molecule has 0 saturated carbocycles. The maximum atomic E-state index is 9.85. The molecule has 2 heterocycles. The van der Waals surface area contributed by atoms with E-state index in [1.165, 1.54) is 0 Å². The number of thiophene rings is 1. The number of nitrogens with zero attached hydrogens (tertiary/aromatic N) is 1. The van der Waals surface area contributed by atoms with Crippen molar-refractivity contribution in [3.8, 4) is 0 Å². The molecule has 2 aromatic heterocycles. The van der Waals surface area contributed by atoms with E-state index >= 15 is 0 Å². The molecule has 1 N–H and O–H groups in total. The summed E-state index contributed by atoms with van der Waals surface area (Å²) in [5.74, 6) is 0. The van der Waals surface area contributed by atoms with E-state index in [0.717, 1.165) is 10.4 Å². The fraction of sp³-hybridized carbons (Fsp3) is 0.100. The Morgan fingerprint density at radius 2 is 2.23 bits per heavy atom. The Morgan fingerprint density at radius 1 is 1.31 bits per heavy atom. The Labute approximate surface area is 80.5 Å². The molecule has 0 aliphatic carbocycles.